The molecule has 5 heteroatoms. The highest BCUT2D eigenvalue weighted by Gasteiger charge is 2.29. The lowest BCUT2D eigenvalue weighted by Crippen LogP contribution is -2.36. The maximum Gasteiger partial charge on any atom is 0.257 e. The van der Waals surface area contributed by atoms with Crippen molar-refractivity contribution in [2.75, 3.05) is 11.9 Å². The molecule has 92 valence electrons. The van der Waals surface area contributed by atoms with Crippen molar-refractivity contribution in [1.82, 2.24) is 4.90 Å². The highest BCUT2D eigenvalue weighted by Crippen LogP contribution is 2.23. The van der Waals surface area contributed by atoms with Gasteiger partial charge in [0, 0.05) is 24.0 Å². The molecule has 1 heterocycles. The average Bonchev–Trinajstić information content (AvgIpc) is 2.76. The smallest absolute Gasteiger partial charge is 0.257 e. The highest BCUT2D eigenvalue weighted by molar-refractivity contribution is 9.09. The number of aromatic hydroxyl groups is 1. The van der Waals surface area contributed by atoms with Crippen LogP contribution in [0.3, 0.4) is 0 Å². The molecular formula is C12H13BrFNO2. The first-order chi connectivity index (χ1) is 8.13. The van der Waals surface area contributed by atoms with Gasteiger partial charge < -0.3 is 10.0 Å². The Morgan fingerprint density at radius 2 is 2.35 bits per heavy atom. The lowest BCUT2D eigenvalue weighted by atomic mass is 10.1. The number of carbonyl (C=O) groups is 1. The van der Waals surface area contributed by atoms with Crippen molar-refractivity contribution in [3.05, 3.63) is 29.6 Å². The van der Waals surface area contributed by atoms with E-state index in [9.17, 15) is 9.18 Å². The first kappa shape index (κ1) is 12.4. The van der Waals surface area contributed by atoms with Crippen molar-refractivity contribution < 1.29 is 14.3 Å². The van der Waals surface area contributed by atoms with Crippen LogP contribution in [0.2, 0.25) is 0 Å². The Labute approximate surface area is 107 Å². The number of nitrogens with zero attached hydrogens (tertiary/aromatic N) is 1. The first-order valence-corrected chi connectivity index (χ1v) is 6.61. The number of phenolic OH excluding ortho intramolecular Hbond substituents is 1. The van der Waals surface area contributed by atoms with Gasteiger partial charge in [0.15, 0.2) is 0 Å². The number of carbonyl (C=O) groups excluding carboxylic acids is 1. The van der Waals surface area contributed by atoms with E-state index in [2.05, 4.69) is 15.9 Å². The van der Waals surface area contributed by atoms with Crippen LogP contribution in [0.4, 0.5) is 4.39 Å². The Morgan fingerprint density at radius 3 is 3.00 bits per heavy atom. The van der Waals surface area contributed by atoms with E-state index in [0.29, 0.717) is 11.9 Å². The molecule has 0 radical (unpaired) electrons. The third kappa shape index (κ3) is 2.44. The van der Waals surface area contributed by atoms with Gasteiger partial charge in [-0.15, -0.1) is 0 Å². The molecule has 3 nitrogen and oxygen atoms in total. The van der Waals surface area contributed by atoms with Gasteiger partial charge in [0.1, 0.15) is 11.6 Å². The zero-order valence-corrected chi connectivity index (χ0v) is 10.8. The van der Waals surface area contributed by atoms with Crippen LogP contribution < -0.4 is 0 Å². The zero-order chi connectivity index (χ0) is 12.4. The van der Waals surface area contributed by atoms with Crippen molar-refractivity contribution in [2.24, 2.45) is 0 Å². The van der Waals surface area contributed by atoms with Crippen LogP contribution in [-0.2, 0) is 0 Å². The van der Waals surface area contributed by atoms with Gasteiger partial charge in [-0.1, -0.05) is 15.9 Å². The van der Waals surface area contributed by atoms with Gasteiger partial charge in [-0.05, 0) is 25.0 Å². The van der Waals surface area contributed by atoms with Gasteiger partial charge in [-0.2, -0.15) is 0 Å². The molecule has 1 fully saturated rings. The summed E-state index contributed by atoms with van der Waals surface area (Å²) in [6, 6.07) is 3.76. The van der Waals surface area contributed by atoms with Crippen LogP contribution in [-0.4, -0.2) is 33.8 Å². The molecule has 0 aliphatic carbocycles. The van der Waals surface area contributed by atoms with E-state index >= 15 is 0 Å². The number of likely N-dealkylation sites (tertiary alicyclic amines) is 1. The molecule has 0 aromatic heterocycles. The van der Waals surface area contributed by atoms with Crippen molar-refractivity contribution in [3.63, 3.8) is 0 Å². The van der Waals surface area contributed by atoms with E-state index in [4.69, 9.17) is 5.11 Å². The second-order valence-electron chi connectivity index (χ2n) is 4.11. The van der Waals surface area contributed by atoms with E-state index in [1.54, 1.807) is 4.90 Å². The van der Waals surface area contributed by atoms with Crippen molar-refractivity contribution in [3.8, 4) is 5.75 Å². The molecule has 0 spiro atoms. The molecule has 1 aliphatic heterocycles. The summed E-state index contributed by atoms with van der Waals surface area (Å²) in [6.07, 6.45) is 1.89. The van der Waals surface area contributed by atoms with Crippen LogP contribution in [0.15, 0.2) is 18.2 Å². The van der Waals surface area contributed by atoms with Gasteiger partial charge >= 0.3 is 0 Å². The van der Waals surface area contributed by atoms with Gasteiger partial charge in [0.25, 0.3) is 5.91 Å². The van der Waals surface area contributed by atoms with Gasteiger partial charge in [0.2, 0.25) is 0 Å². The molecule has 17 heavy (non-hydrogen) atoms. The fraction of sp³-hybridized carbons (Fsp3) is 0.417. The van der Waals surface area contributed by atoms with Gasteiger partial charge in [-0.25, -0.2) is 4.39 Å². The summed E-state index contributed by atoms with van der Waals surface area (Å²) in [5.74, 6) is -1.14. The van der Waals surface area contributed by atoms with E-state index in [1.807, 2.05) is 0 Å². The molecule has 1 aromatic rings. The molecule has 1 amide bonds. The Bertz CT molecular complexity index is 439. The van der Waals surface area contributed by atoms with E-state index in [1.165, 1.54) is 12.1 Å². The van der Waals surface area contributed by atoms with Crippen LogP contribution in [0, 0.1) is 5.82 Å². The molecule has 1 N–H and O–H groups in total. The summed E-state index contributed by atoms with van der Waals surface area (Å²) in [5.41, 5.74) is 0.0238. The summed E-state index contributed by atoms with van der Waals surface area (Å²) in [4.78, 5) is 13.8. The lowest BCUT2D eigenvalue weighted by Gasteiger charge is -2.23. The summed E-state index contributed by atoms with van der Waals surface area (Å²) in [7, 11) is 0. The predicted octanol–water partition coefficient (Wildman–Crippen LogP) is 2.53. The summed E-state index contributed by atoms with van der Waals surface area (Å²) in [6.45, 7) is 0.662. The summed E-state index contributed by atoms with van der Waals surface area (Å²) in [5, 5.41) is 9.82. The number of rotatable bonds is 2. The van der Waals surface area contributed by atoms with Crippen molar-refractivity contribution in [2.45, 2.75) is 18.9 Å². The Hall–Kier alpha value is -1.10. The minimum atomic E-state index is -0.671. The van der Waals surface area contributed by atoms with Crippen molar-refractivity contribution >= 4 is 21.8 Å². The molecule has 0 saturated carbocycles. The zero-order valence-electron chi connectivity index (χ0n) is 9.20. The second-order valence-corrected chi connectivity index (χ2v) is 4.76. The monoisotopic (exact) mass is 301 g/mol. The van der Waals surface area contributed by atoms with Crippen LogP contribution in [0.25, 0.3) is 0 Å². The average molecular weight is 302 g/mol. The number of phenols is 1. The van der Waals surface area contributed by atoms with E-state index < -0.39 is 5.82 Å². The van der Waals surface area contributed by atoms with Gasteiger partial charge in [-0.3, -0.25) is 4.79 Å². The van der Waals surface area contributed by atoms with Crippen LogP contribution >= 0.6 is 15.9 Å². The lowest BCUT2D eigenvalue weighted by molar-refractivity contribution is 0.0746. The quantitative estimate of drug-likeness (QED) is 0.853. The van der Waals surface area contributed by atoms with Crippen LogP contribution in [0.1, 0.15) is 23.2 Å². The fourth-order valence-electron chi connectivity index (χ4n) is 2.10. The van der Waals surface area contributed by atoms with Crippen LogP contribution in [0.5, 0.6) is 5.75 Å². The molecule has 1 aliphatic rings. The minimum absolute atomic E-state index is 0.0238. The molecule has 1 atom stereocenters. The Kier molecular flexibility index (Phi) is 3.66. The number of halogens is 2. The Morgan fingerprint density at radius 1 is 1.59 bits per heavy atom. The normalized spacial score (nSPS) is 19.6. The number of hydrogen-bond donors (Lipinski definition) is 1. The third-order valence-corrected chi connectivity index (χ3v) is 3.75. The largest absolute Gasteiger partial charge is 0.508 e. The molecule has 1 aromatic carbocycles. The minimum Gasteiger partial charge on any atom is -0.508 e. The topological polar surface area (TPSA) is 40.5 Å². The van der Waals surface area contributed by atoms with E-state index in [0.717, 1.165) is 18.9 Å². The SMILES string of the molecule is O=C(c1ccc(O)cc1F)N1CCCC1CBr. The molecule has 1 unspecified atom stereocenters. The Balaban J connectivity index is 2.24. The van der Waals surface area contributed by atoms with Crippen molar-refractivity contribution in [1.29, 1.82) is 0 Å². The molecule has 0 bridgehead atoms. The van der Waals surface area contributed by atoms with E-state index in [-0.39, 0.29) is 23.3 Å². The third-order valence-electron chi connectivity index (χ3n) is 3.00. The molecule has 2 rings (SSSR count). The molecular weight excluding hydrogens is 289 g/mol. The second kappa shape index (κ2) is 5.04. The molecule has 1 saturated heterocycles. The first-order valence-electron chi connectivity index (χ1n) is 5.49. The predicted molar refractivity (Wildman–Crippen MR) is 65.9 cm³/mol. The maximum atomic E-state index is 13.6. The van der Waals surface area contributed by atoms with Gasteiger partial charge in [0.05, 0.1) is 5.56 Å². The number of amides is 1. The number of hydrogen-bond acceptors (Lipinski definition) is 2. The maximum absolute atomic E-state index is 13.6. The highest BCUT2D eigenvalue weighted by atomic mass is 79.9. The fourth-order valence-corrected chi connectivity index (χ4v) is 2.77. The summed E-state index contributed by atoms with van der Waals surface area (Å²) >= 11 is 3.36. The number of alkyl halides is 1. The number of benzene rings is 1. The summed E-state index contributed by atoms with van der Waals surface area (Å²) < 4.78 is 13.6. The standard InChI is InChI=1S/C12H13BrFNO2/c13-7-8-2-1-5-15(8)12(17)10-4-3-9(16)6-11(10)14/h3-4,6,8,16H,1-2,5,7H2.